The lowest BCUT2D eigenvalue weighted by atomic mass is 9.98. The fourth-order valence-electron chi connectivity index (χ4n) is 3.81. The van der Waals surface area contributed by atoms with Crippen LogP contribution in [0.1, 0.15) is 18.9 Å². The number of hydrogen-bond donors (Lipinski definition) is 3. The zero-order valence-corrected chi connectivity index (χ0v) is 19.5. The molecule has 0 aromatic heterocycles. The third-order valence-corrected chi connectivity index (χ3v) is 7.65. The minimum Gasteiger partial charge on any atom is -0.389 e. The van der Waals surface area contributed by atoms with Gasteiger partial charge in [0, 0.05) is 24.3 Å². The average Bonchev–Trinajstić information content (AvgIpc) is 3.32. The zero-order valence-electron chi connectivity index (χ0n) is 17.9. The highest BCUT2D eigenvalue weighted by atomic mass is 35.5. The first-order valence-corrected chi connectivity index (χ1v) is 12.0. The lowest BCUT2D eigenvalue weighted by Crippen LogP contribution is -2.33. The normalized spacial score (nSPS) is 21.5. The first-order valence-electron chi connectivity index (χ1n) is 10.1. The molecule has 2 aromatic rings. The van der Waals surface area contributed by atoms with Crippen LogP contribution in [0.2, 0.25) is 5.02 Å². The highest BCUT2D eigenvalue weighted by molar-refractivity contribution is 7.89. The van der Waals surface area contributed by atoms with Gasteiger partial charge in [-0.2, -0.15) is 22.5 Å². The van der Waals surface area contributed by atoms with Crippen molar-refractivity contribution in [3.8, 4) is 11.1 Å². The Hall–Kier alpha value is -2.67. The molecule has 8 nitrogen and oxygen atoms in total. The second-order valence-corrected chi connectivity index (χ2v) is 10.7. The maximum atomic E-state index is 13.9. The molecule has 4 rings (SSSR count). The Morgan fingerprint density at radius 2 is 1.91 bits per heavy atom. The lowest BCUT2D eigenvalue weighted by Gasteiger charge is -2.20. The minimum absolute atomic E-state index is 0.0264. The van der Waals surface area contributed by atoms with Crippen LogP contribution in [0, 0.1) is 0 Å². The fraction of sp³-hybridized carbons (Fsp3) is 0.333. The zero-order chi connectivity index (χ0) is 24.9. The molecular formula is C21H21ClF3N5O3S. The predicted molar refractivity (Wildman–Crippen MR) is 123 cm³/mol. The molecule has 1 saturated heterocycles. The third-order valence-electron chi connectivity index (χ3n) is 5.49. The number of β-amino-alcohol motifs (C(OH)–C–C–N with tert-alkyl or cyclic N) is 1. The molecule has 0 amide bonds. The smallest absolute Gasteiger partial charge is 0.389 e. The van der Waals surface area contributed by atoms with E-state index >= 15 is 0 Å². The Balaban J connectivity index is 1.68. The third kappa shape index (κ3) is 4.90. The van der Waals surface area contributed by atoms with E-state index in [1.807, 2.05) is 0 Å². The highest BCUT2D eigenvalue weighted by Crippen LogP contribution is 2.43. The number of nitrogens with one attached hydrogen (secondary N) is 1. The number of hydrogen-bond acceptors (Lipinski definition) is 7. The standard InChI is InChI=1S/C21H21ClF3N5O3S/c1-20(31)6-7-30(11-20)34(32,33)14-4-2-12(3-5-14)18-15(21(23,24)25)8-13(9-16(18)22)28-19-27-10-17(26)29-19/h2-5,8-9,31H,6-7,10-11H2,1H3,(H3,26,27,28,29). The van der Waals surface area contributed by atoms with Crippen LogP contribution < -0.4 is 11.1 Å². The maximum absolute atomic E-state index is 13.9. The van der Waals surface area contributed by atoms with Crippen molar-refractivity contribution < 1.29 is 26.7 Å². The molecule has 1 atom stereocenters. The van der Waals surface area contributed by atoms with Gasteiger partial charge in [-0.1, -0.05) is 23.7 Å². The molecule has 34 heavy (non-hydrogen) atoms. The van der Waals surface area contributed by atoms with Crippen molar-refractivity contribution in [3.05, 3.63) is 47.0 Å². The van der Waals surface area contributed by atoms with Gasteiger partial charge in [0.2, 0.25) is 16.0 Å². The van der Waals surface area contributed by atoms with E-state index in [2.05, 4.69) is 15.3 Å². The van der Waals surface area contributed by atoms with E-state index in [-0.39, 0.29) is 58.2 Å². The second-order valence-electron chi connectivity index (χ2n) is 8.36. The van der Waals surface area contributed by atoms with E-state index in [9.17, 15) is 26.7 Å². The van der Waals surface area contributed by atoms with Crippen LogP contribution in [0.3, 0.4) is 0 Å². The van der Waals surface area contributed by atoms with Crippen LogP contribution in [0.15, 0.2) is 51.3 Å². The van der Waals surface area contributed by atoms with E-state index in [1.54, 1.807) is 6.92 Å². The van der Waals surface area contributed by atoms with Crippen LogP contribution in [0.4, 0.5) is 18.9 Å². The number of amidine groups is 1. The summed E-state index contributed by atoms with van der Waals surface area (Å²) in [6.45, 7) is 1.78. The van der Waals surface area contributed by atoms with E-state index in [0.29, 0.717) is 6.42 Å². The fourth-order valence-corrected chi connectivity index (χ4v) is 5.69. The van der Waals surface area contributed by atoms with Crippen LogP contribution in [-0.2, 0) is 16.2 Å². The van der Waals surface area contributed by atoms with Crippen molar-refractivity contribution in [2.45, 2.75) is 30.0 Å². The number of aliphatic hydroxyl groups is 1. The minimum atomic E-state index is -4.75. The molecule has 0 saturated carbocycles. The summed E-state index contributed by atoms with van der Waals surface area (Å²) in [5.74, 6) is 0.304. The summed E-state index contributed by atoms with van der Waals surface area (Å²) in [5.41, 5.74) is 3.23. The van der Waals surface area contributed by atoms with Crippen molar-refractivity contribution in [3.63, 3.8) is 0 Å². The first kappa shape index (κ1) is 24.5. The number of rotatable bonds is 4. The van der Waals surface area contributed by atoms with E-state index < -0.39 is 27.4 Å². The van der Waals surface area contributed by atoms with Crippen molar-refractivity contribution >= 4 is 39.1 Å². The van der Waals surface area contributed by atoms with E-state index in [0.717, 1.165) is 10.4 Å². The second kappa shape index (κ2) is 8.52. The van der Waals surface area contributed by atoms with Crippen LogP contribution in [-0.4, -0.2) is 54.9 Å². The summed E-state index contributed by atoms with van der Waals surface area (Å²) < 4.78 is 68.7. The Morgan fingerprint density at radius 3 is 2.44 bits per heavy atom. The van der Waals surface area contributed by atoms with E-state index in [4.69, 9.17) is 17.3 Å². The number of nitrogens with zero attached hydrogens (tertiary/aromatic N) is 3. The van der Waals surface area contributed by atoms with Gasteiger partial charge in [-0.25, -0.2) is 13.4 Å². The molecule has 2 aromatic carbocycles. The molecule has 2 aliphatic rings. The van der Waals surface area contributed by atoms with Crippen molar-refractivity contribution in [1.29, 1.82) is 0 Å². The number of guanidine groups is 1. The van der Waals surface area contributed by atoms with Gasteiger partial charge < -0.3 is 16.2 Å². The van der Waals surface area contributed by atoms with Crippen LogP contribution >= 0.6 is 11.6 Å². The molecule has 2 aliphatic heterocycles. The molecule has 4 N–H and O–H groups in total. The van der Waals surface area contributed by atoms with E-state index in [1.165, 1.54) is 30.3 Å². The van der Waals surface area contributed by atoms with Crippen molar-refractivity contribution in [2.75, 3.05) is 25.0 Å². The molecule has 13 heteroatoms. The largest absolute Gasteiger partial charge is 0.417 e. The molecule has 2 heterocycles. The Labute approximate surface area is 199 Å². The predicted octanol–water partition coefficient (Wildman–Crippen LogP) is 3.31. The first-order chi connectivity index (χ1) is 15.8. The molecule has 0 aliphatic carbocycles. The van der Waals surface area contributed by atoms with Gasteiger partial charge in [-0.15, -0.1) is 0 Å². The van der Waals surface area contributed by atoms with Crippen LogP contribution in [0.5, 0.6) is 0 Å². The average molecular weight is 516 g/mol. The van der Waals surface area contributed by atoms with Gasteiger partial charge in [0.05, 0.1) is 21.1 Å². The summed E-state index contributed by atoms with van der Waals surface area (Å²) in [5, 5.41) is 12.5. The van der Waals surface area contributed by atoms with Gasteiger partial charge in [0.15, 0.2) is 0 Å². The summed E-state index contributed by atoms with van der Waals surface area (Å²) >= 11 is 6.26. The van der Waals surface area contributed by atoms with Gasteiger partial charge in [0.25, 0.3) is 0 Å². The lowest BCUT2D eigenvalue weighted by molar-refractivity contribution is -0.137. The number of halogens is 4. The molecular weight excluding hydrogens is 495 g/mol. The summed E-state index contributed by atoms with van der Waals surface area (Å²) in [4.78, 5) is 7.77. The van der Waals surface area contributed by atoms with Crippen molar-refractivity contribution in [2.24, 2.45) is 15.7 Å². The summed E-state index contributed by atoms with van der Waals surface area (Å²) in [6, 6.07) is 7.18. The molecule has 1 unspecified atom stereocenters. The quantitative estimate of drug-likeness (QED) is 0.577. The van der Waals surface area contributed by atoms with Crippen molar-refractivity contribution in [1.82, 2.24) is 4.31 Å². The summed E-state index contributed by atoms with van der Waals surface area (Å²) in [7, 11) is -3.91. The monoisotopic (exact) mass is 515 g/mol. The number of nitrogens with two attached hydrogens (primary N) is 1. The number of sulfonamides is 1. The summed E-state index contributed by atoms with van der Waals surface area (Å²) in [6.07, 6.45) is -4.46. The Bertz CT molecular complexity index is 1290. The van der Waals surface area contributed by atoms with Gasteiger partial charge in [-0.05, 0) is 43.2 Å². The van der Waals surface area contributed by atoms with Gasteiger partial charge >= 0.3 is 6.18 Å². The molecule has 0 bridgehead atoms. The Morgan fingerprint density at radius 1 is 1.24 bits per heavy atom. The van der Waals surface area contributed by atoms with Gasteiger partial charge in [-0.3, -0.25) is 0 Å². The number of aliphatic imine (C=N–C) groups is 2. The maximum Gasteiger partial charge on any atom is 0.417 e. The molecule has 182 valence electrons. The Kier molecular flexibility index (Phi) is 6.13. The topological polar surface area (TPSA) is 120 Å². The SMILES string of the molecule is CC1(O)CCN(S(=O)(=O)c2ccc(-c3c(Cl)cc(NC4=NCC(N)=N4)cc3C(F)(F)F)cc2)C1. The molecule has 0 spiro atoms. The number of alkyl halides is 3. The molecule has 1 fully saturated rings. The number of anilines is 1. The highest BCUT2D eigenvalue weighted by Gasteiger charge is 2.39. The molecule has 0 radical (unpaired) electrons. The van der Waals surface area contributed by atoms with Crippen LogP contribution in [0.25, 0.3) is 11.1 Å². The van der Waals surface area contributed by atoms with Gasteiger partial charge in [0.1, 0.15) is 12.4 Å². The number of benzene rings is 2.